The van der Waals surface area contributed by atoms with Gasteiger partial charge in [-0.2, -0.15) is 0 Å². The molecule has 0 spiro atoms. The SMILES string of the molecule is CCCCN1C(=O)C(=O)/C(=C(/O)c2cc(OC)c(Cl)cc2OC)C1c1c(C)[nH]c2ccccc12. The number of H-pyrrole nitrogens is 1. The summed E-state index contributed by atoms with van der Waals surface area (Å²) in [6.07, 6.45) is 1.58. The second-order valence-electron chi connectivity index (χ2n) is 8.24. The Morgan fingerprint density at radius 2 is 1.85 bits per heavy atom. The molecule has 0 radical (unpaired) electrons. The minimum absolute atomic E-state index is 0.0108. The summed E-state index contributed by atoms with van der Waals surface area (Å²) in [7, 11) is 2.90. The number of hydrogen-bond acceptors (Lipinski definition) is 5. The first kappa shape index (κ1) is 23.7. The largest absolute Gasteiger partial charge is 0.507 e. The van der Waals surface area contributed by atoms with Gasteiger partial charge in [-0.3, -0.25) is 9.59 Å². The summed E-state index contributed by atoms with van der Waals surface area (Å²) in [6, 6.07) is 9.97. The van der Waals surface area contributed by atoms with Crippen LogP contribution in [0, 0.1) is 6.92 Å². The number of carbonyl (C=O) groups excluding carboxylic acids is 2. The number of nitrogens with zero attached hydrogens (tertiary/aromatic N) is 1. The molecular weight excluding hydrogens is 456 g/mol. The maximum absolute atomic E-state index is 13.4. The number of aromatic amines is 1. The number of carbonyl (C=O) groups is 2. The lowest BCUT2D eigenvalue weighted by atomic mass is 9.93. The molecular formula is C26H27ClN2O5. The summed E-state index contributed by atoms with van der Waals surface area (Å²) in [4.78, 5) is 31.4. The number of methoxy groups -OCH3 is 2. The first-order valence-electron chi connectivity index (χ1n) is 11.1. The van der Waals surface area contributed by atoms with E-state index in [9.17, 15) is 14.7 Å². The maximum atomic E-state index is 13.4. The molecule has 1 aliphatic heterocycles. The van der Waals surface area contributed by atoms with Gasteiger partial charge in [0.25, 0.3) is 11.7 Å². The molecule has 0 saturated carbocycles. The van der Waals surface area contributed by atoms with Gasteiger partial charge in [-0.25, -0.2) is 0 Å². The van der Waals surface area contributed by atoms with E-state index in [4.69, 9.17) is 21.1 Å². The maximum Gasteiger partial charge on any atom is 0.295 e. The number of likely N-dealkylation sites (tertiary alicyclic amines) is 1. The number of Topliss-reactive ketones (excluding diaryl/α,β-unsaturated/α-hetero) is 1. The van der Waals surface area contributed by atoms with E-state index in [-0.39, 0.29) is 22.6 Å². The Hall–Kier alpha value is -3.45. The highest BCUT2D eigenvalue weighted by Gasteiger charge is 2.47. The lowest BCUT2D eigenvalue weighted by molar-refractivity contribution is -0.139. The quantitative estimate of drug-likeness (QED) is 0.268. The fourth-order valence-electron chi connectivity index (χ4n) is 4.58. The molecule has 3 aromatic rings. The fraction of sp³-hybridized carbons (Fsp3) is 0.308. The van der Waals surface area contributed by atoms with Crippen LogP contribution in [0.3, 0.4) is 0 Å². The number of hydrogen-bond donors (Lipinski definition) is 2. The predicted molar refractivity (Wildman–Crippen MR) is 132 cm³/mol. The van der Waals surface area contributed by atoms with E-state index >= 15 is 0 Å². The Kier molecular flexibility index (Phi) is 6.57. The van der Waals surface area contributed by atoms with E-state index in [1.165, 1.54) is 26.4 Å². The number of para-hydroxylation sites is 1. The first-order chi connectivity index (χ1) is 16.3. The molecule has 1 aromatic heterocycles. The summed E-state index contributed by atoms with van der Waals surface area (Å²) in [5.41, 5.74) is 2.73. The molecule has 178 valence electrons. The van der Waals surface area contributed by atoms with Crippen molar-refractivity contribution < 1.29 is 24.2 Å². The number of rotatable bonds is 7. The fourth-order valence-corrected chi connectivity index (χ4v) is 4.81. The first-order valence-corrected chi connectivity index (χ1v) is 11.5. The smallest absolute Gasteiger partial charge is 0.295 e. The number of amides is 1. The van der Waals surface area contributed by atoms with Crippen molar-refractivity contribution in [1.29, 1.82) is 0 Å². The highest BCUT2D eigenvalue weighted by atomic mass is 35.5. The number of ether oxygens (including phenoxy) is 2. The van der Waals surface area contributed by atoms with Crippen molar-refractivity contribution in [3.05, 3.63) is 63.8 Å². The third-order valence-corrected chi connectivity index (χ3v) is 6.53. The third-order valence-electron chi connectivity index (χ3n) is 6.24. The van der Waals surface area contributed by atoms with Crippen LogP contribution in [0.5, 0.6) is 11.5 Å². The topological polar surface area (TPSA) is 91.9 Å². The third kappa shape index (κ3) is 3.80. The van der Waals surface area contributed by atoms with Gasteiger partial charge >= 0.3 is 0 Å². The highest BCUT2D eigenvalue weighted by molar-refractivity contribution is 6.46. The Morgan fingerprint density at radius 1 is 1.15 bits per heavy atom. The molecule has 1 saturated heterocycles. The van der Waals surface area contributed by atoms with Gasteiger partial charge in [0.05, 0.1) is 36.4 Å². The van der Waals surface area contributed by atoms with Crippen LogP contribution >= 0.6 is 11.6 Å². The standard InChI is InChI=1S/C26H27ClN2O5/c1-5-6-11-29-23(21-14(2)28-18-10-8-7-9-15(18)21)22(25(31)26(29)32)24(30)16-12-20(34-4)17(27)13-19(16)33-3/h7-10,12-13,23,28,30H,5-6,11H2,1-4H3/b24-22+. The van der Waals surface area contributed by atoms with Crippen molar-refractivity contribution in [3.63, 3.8) is 0 Å². The zero-order chi connectivity index (χ0) is 24.6. The number of halogens is 1. The predicted octanol–water partition coefficient (Wildman–Crippen LogP) is 5.37. The van der Waals surface area contributed by atoms with Crippen molar-refractivity contribution >= 4 is 40.0 Å². The Balaban J connectivity index is 2.01. The number of benzene rings is 2. The summed E-state index contributed by atoms with van der Waals surface area (Å²) >= 11 is 6.24. The number of unbranched alkanes of at least 4 members (excludes halogenated alkanes) is 1. The Morgan fingerprint density at radius 3 is 2.53 bits per heavy atom. The lowest BCUT2D eigenvalue weighted by Gasteiger charge is -2.25. The minimum atomic E-state index is -0.755. The van der Waals surface area contributed by atoms with Crippen molar-refractivity contribution in [1.82, 2.24) is 9.88 Å². The zero-order valence-corrected chi connectivity index (χ0v) is 20.3. The van der Waals surface area contributed by atoms with Crippen molar-refractivity contribution in [2.24, 2.45) is 0 Å². The average Bonchev–Trinajstić information content (AvgIpc) is 3.29. The number of aryl methyl sites for hydroxylation is 1. The molecule has 2 heterocycles. The van der Waals surface area contributed by atoms with E-state index in [1.54, 1.807) is 4.90 Å². The van der Waals surface area contributed by atoms with Crippen molar-refractivity contribution in [2.75, 3.05) is 20.8 Å². The van der Waals surface area contributed by atoms with E-state index < -0.39 is 17.7 Å². The van der Waals surface area contributed by atoms with Crippen LogP contribution < -0.4 is 9.47 Å². The number of fused-ring (bicyclic) bond motifs is 1. The van der Waals surface area contributed by atoms with Crippen LogP contribution in [0.4, 0.5) is 0 Å². The monoisotopic (exact) mass is 482 g/mol. The zero-order valence-electron chi connectivity index (χ0n) is 19.6. The molecule has 4 rings (SSSR count). The van der Waals surface area contributed by atoms with Gasteiger partial charge in [-0.1, -0.05) is 43.1 Å². The summed E-state index contributed by atoms with van der Waals surface area (Å²) in [5, 5.41) is 12.7. The number of aliphatic hydroxyl groups is 1. The molecule has 8 heteroatoms. The van der Waals surface area contributed by atoms with Crippen LogP contribution in [0.25, 0.3) is 16.7 Å². The normalized spacial score (nSPS) is 17.6. The molecule has 7 nitrogen and oxygen atoms in total. The molecule has 0 aliphatic carbocycles. The van der Waals surface area contributed by atoms with Gasteiger partial charge in [0, 0.05) is 34.8 Å². The van der Waals surface area contributed by atoms with E-state index in [1.807, 2.05) is 38.1 Å². The molecule has 1 amide bonds. The second-order valence-corrected chi connectivity index (χ2v) is 8.65. The van der Waals surface area contributed by atoms with Gasteiger partial charge in [-0.05, 0) is 25.5 Å². The van der Waals surface area contributed by atoms with Crippen LogP contribution in [-0.2, 0) is 9.59 Å². The van der Waals surface area contributed by atoms with Crippen LogP contribution in [-0.4, -0.2) is 47.4 Å². The van der Waals surface area contributed by atoms with Gasteiger partial charge in [0.1, 0.15) is 17.3 Å². The number of aromatic nitrogens is 1. The van der Waals surface area contributed by atoms with E-state index in [0.29, 0.717) is 17.3 Å². The molecule has 1 fully saturated rings. The number of aliphatic hydroxyl groups excluding tert-OH is 1. The minimum Gasteiger partial charge on any atom is -0.507 e. The summed E-state index contributed by atoms with van der Waals surface area (Å²) in [5.74, 6) is -1.14. The molecule has 1 unspecified atom stereocenters. The highest BCUT2D eigenvalue weighted by Crippen LogP contribution is 2.45. The molecule has 1 atom stereocenters. The van der Waals surface area contributed by atoms with E-state index in [2.05, 4.69) is 4.98 Å². The summed E-state index contributed by atoms with van der Waals surface area (Å²) in [6.45, 7) is 4.32. The van der Waals surface area contributed by atoms with Gasteiger partial charge in [-0.15, -0.1) is 0 Å². The molecule has 34 heavy (non-hydrogen) atoms. The average molecular weight is 483 g/mol. The van der Waals surface area contributed by atoms with E-state index in [0.717, 1.165) is 35.0 Å². The molecule has 2 N–H and O–H groups in total. The Bertz CT molecular complexity index is 1310. The van der Waals surface area contributed by atoms with Gasteiger partial charge < -0.3 is 24.5 Å². The van der Waals surface area contributed by atoms with Crippen molar-refractivity contribution in [3.8, 4) is 11.5 Å². The number of ketones is 1. The molecule has 2 aromatic carbocycles. The van der Waals surface area contributed by atoms with Crippen LogP contribution in [0.15, 0.2) is 42.0 Å². The summed E-state index contributed by atoms with van der Waals surface area (Å²) < 4.78 is 10.7. The number of nitrogens with one attached hydrogen (secondary N) is 1. The molecule has 1 aliphatic rings. The van der Waals surface area contributed by atoms with Gasteiger partial charge in [0.15, 0.2) is 0 Å². The lowest BCUT2D eigenvalue weighted by Crippen LogP contribution is -2.30. The Labute approximate surface area is 202 Å². The van der Waals surface area contributed by atoms with Crippen LogP contribution in [0.1, 0.15) is 42.6 Å². The van der Waals surface area contributed by atoms with Gasteiger partial charge in [0.2, 0.25) is 0 Å². The second kappa shape index (κ2) is 9.43. The van der Waals surface area contributed by atoms with Crippen molar-refractivity contribution in [2.45, 2.75) is 32.7 Å². The van der Waals surface area contributed by atoms with Crippen LogP contribution in [0.2, 0.25) is 5.02 Å². The molecule has 0 bridgehead atoms.